The molecule has 114 valence electrons. The summed E-state index contributed by atoms with van der Waals surface area (Å²) >= 11 is 0. The predicted molar refractivity (Wildman–Crippen MR) is 81.6 cm³/mol. The maximum absolute atomic E-state index is 9.50. The molecule has 1 aliphatic rings. The molecule has 0 radical (unpaired) electrons. The Morgan fingerprint density at radius 2 is 2.16 bits per heavy atom. The lowest BCUT2D eigenvalue weighted by Crippen LogP contribution is -2.46. The van der Waals surface area contributed by atoms with Gasteiger partial charge in [0.2, 0.25) is 0 Å². The van der Waals surface area contributed by atoms with Crippen LogP contribution in [0.15, 0.2) is 0 Å². The maximum atomic E-state index is 9.50. The monoisotopic (exact) mass is 271 g/mol. The first-order valence-electron chi connectivity index (χ1n) is 7.75. The zero-order valence-corrected chi connectivity index (χ0v) is 13.3. The van der Waals surface area contributed by atoms with Gasteiger partial charge in [0.15, 0.2) is 0 Å². The second-order valence-electron chi connectivity index (χ2n) is 6.45. The van der Waals surface area contributed by atoms with E-state index in [1.807, 2.05) is 0 Å². The molecule has 0 bridgehead atoms. The molecule has 2 N–H and O–H groups in total. The van der Waals surface area contributed by atoms with E-state index < -0.39 is 0 Å². The van der Waals surface area contributed by atoms with Gasteiger partial charge in [-0.15, -0.1) is 0 Å². The van der Waals surface area contributed by atoms with Gasteiger partial charge in [-0.05, 0) is 66.3 Å². The van der Waals surface area contributed by atoms with Gasteiger partial charge < -0.3 is 15.3 Å². The normalized spacial score (nSPS) is 24.0. The molecule has 0 spiro atoms. The van der Waals surface area contributed by atoms with Crippen LogP contribution < -0.4 is 5.32 Å². The van der Waals surface area contributed by atoms with Crippen molar-refractivity contribution >= 4 is 0 Å². The Morgan fingerprint density at radius 3 is 2.74 bits per heavy atom. The number of nitrogens with one attached hydrogen (secondary N) is 1. The molecule has 2 atom stereocenters. The van der Waals surface area contributed by atoms with Gasteiger partial charge in [-0.3, -0.25) is 4.90 Å². The lowest BCUT2D eigenvalue weighted by Gasteiger charge is -2.31. The molecule has 2 unspecified atom stereocenters. The third-order valence-electron chi connectivity index (χ3n) is 4.20. The van der Waals surface area contributed by atoms with E-state index in [0.717, 1.165) is 25.4 Å². The summed E-state index contributed by atoms with van der Waals surface area (Å²) in [5.74, 6) is 0. The summed E-state index contributed by atoms with van der Waals surface area (Å²) in [6.45, 7) is 8.95. The van der Waals surface area contributed by atoms with Gasteiger partial charge in [-0.2, -0.15) is 0 Å². The zero-order valence-electron chi connectivity index (χ0n) is 13.3. The molecule has 4 heteroatoms. The van der Waals surface area contributed by atoms with Gasteiger partial charge in [-0.1, -0.05) is 6.92 Å². The summed E-state index contributed by atoms with van der Waals surface area (Å²) in [5.41, 5.74) is -0.106. The highest BCUT2D eigenvalue weighted by Crippen LogP contribution is 2.20. The molecule has 0 aromatic heterocycles. The Labute approximate surface area is 119 Å². The van der Waals surface area contributed by atoms with Crippen LogP contribution in [0.5, 0.6) is 0 Å². The van der Waals surface area contributed by atoms with E-state index >= 15 is 0 Å². The van der Waals surface area contributed by atoms with Gasteiger partial charge in [0.1, 0.15) is 0 Å². The van der Waals surface area contributed by atoms with Crippen molar-refractivity contribution in [2.75, 3.05) is 46.9 Å². The summed E-state index contributed by atoms with van der Waals surface area (Å²) in [5, 5.41) is 12.9. The van der Waals surface area contributed by atoms with Crippen molar-refractivity contribution in [3.63, 3.8) is 0 Å². The lowest BCUT2D eigenvalue weighted by atomic mass is 9.96. The predicted octanol–water partition coefficient (Wildman–Crippen LogP) is 1.15. The number of rotatable bonds is 9. The Balaban J connectivity index is 2.31. The molecule has 19 heavy (non-hydrogen) atoms. The summed E-state index contributed by atoms with van der Waals surface area (Å²) in [4.78, 5) is 4.92. The molecule has 1 aliphatic heterocycles. The summed E-state index contributed by atoms with van der Waals surface area (Å²) in [6, 6.07) is 0.731. The van der Waals surface area contributed by atoms with Crippen LogP contribution in [0, 0.1) is 0 Å². The molecule has 0 aromatic rings. The largest absolute Gasteiger partial charge is 0.394 e. The van der Waals surface area contributed by atoms with Crippen LogP contribution >= 0.6 is 0 Å². The summed E-state index contributed by atoms with van der Waals surface area (Å²) in [6.07, 6.45) is 4.88. The van der Waals surface area contributed by atoms with E-state index in [4.69, 9.17) is 0 Å². The van der Waals surface area contributed by atoms with Crippen LogP contribution in [0.1, 0.15) is 39.5 Å². The Hall–Kier alpha value is -0.160. The quantitative estimate of drug-likeness (QED) is 0.660. The molecule has 4 nitrogen and oxygen atoms in total. The molecule has 1 rings (SSSR count). The standard InChI is InChI=1S/C15H33N3O/c1-5-16-15(2,13-19)9-7-11-18-10-6-8-14(18)12-17(3)4/h14,16,19H,5-13H2,1-4H3. The van der Waals surface area contributed by atoms with Crippen LogP contribution in [-0.2, 0) is 0 Å². The first-order valence-corrected chi connectivity index (χ1v) is 7.75. The molecular weight excluding hydrogens is 238 g/mol. The first-order chi connectivity index (χ1) is 9.00. The fourth-order valence-electron chi connectivity index (χ4n) is 3.14. The van der Waals surface area contributed by atoms with Crippen LogP contribution in [0.4, 0.5) is 0 Å². The third-order valence-corrected chi connectivity index (χ3v) is 4.20. The van der Waals surface area contributed by atoms with Crippen LogP contribution in [0.25, 0.3) is 0 Å². The van der Waals surface area contributed by atoms with Crippen molar-refractivity contribution in [1.29, 1.82) is 0 Å². The fourth-order valence-corrected chi connectivity index (χ4v) is 3.14. The Morgan fingerprint density at radius 1 is 1.42 bits per heavy atom. The zero-order chi connectivity index (χ0) is 14.3. The number of hydrogen-bond acceptors (Lipinski definition) is 4. The van der Waals surface area contributed by atoms with E-state index in [-0.39, 0.29) is 12.1 Å². The average Bonchev–Trinajstić information content (AvgIpc) is 2.76. The lowest BCUT2D eigenvalue weighted by molar-refractivity contribution is 0.152. The highest BCUT2D eigenvalue weighted by atomic mass is 16.3. The number of hydrogen-bond donors (Lipinski definition) is 2. The van der Waals surface area contributed by atoms with Crippen molar-refractivity contribution in [2.24, 2.45) is 0 Å². The van der Waals surface area contributed by atoms with Crippen molar-refractivity contribution in [2.45, 2.75) is 51.1 Å². The molecule has 1 fully saturated rings. The van der Waals surface area contributed by atoms with E-state index in [0.29, 0.717) is 0 Å². The van der Waals surface area contributed by atoms with E-state index in [1.54, 1.807) is 0 Å². The Kier molecular flexibility index (Phi) is 7.29. The van der Waals surface area contributed by atoms with Crippen LogP contribution in [0.2, 0.25) is 0 Å². The molecule has 0 saturated carbocycles. The van der Waals surface area contributed by atoms with Crippen molar-refractivity contribution in [1.82, 2.24) is 15.1 Å². The molecule has 1 saturated heterocycles. The highest BCUT2D eigenvalue weighted by Gasteiger charge is 2.26. The topological polar surface area (TPSA) is 38.7 Å². The summed E-state index contributed by atoms with van der Waals surface area (Å²) < 4.78 is 0. The third kappa shape index (κ3) is 5.78. The van der Waals surface area contributed by atoms with Crippen LogP contribution in [0.3, 0.4) is 0 Å². The second-order valence-corrected chi connectivity index (χ2v) is 6.45. The number of likely N-dealkylation sites (N-methyl/N-ethyl adjacent to an activating group) is 2. The van der Waals surface area contributed by atoms with Gasteiger partial charge in [0, 0.05) is 18.1 Å². The molecular formula is C15H33N3O. The number of likely N-dealkylation sites (tertiary alicyclic amines) is 1. The SMILES string of the molecule is CCNC(C)(CO)CCCN1CCCC1CN(C)C. The number of aliphatic hydroxyl groups excluding tert-OH is 1. The summed E-state index contributed by atoms with van der Waals surface area (Å²) in [7, 11) is 4.31. The Bertz CT molecular complexity index is 248. The highest BCUT2D eigenvalue weighted by molar-refractivity contribution is 4.84. The molecule has 0 amide bonds. The van der Waals surface area contributed by atoms with E-state index in [1.165, 1.54) is 32.5 Å². The minimum Gasteiger partial charge on any atom is -0.394 e. The van der Waals surface area contributed by atoms with E-state index in [2.05, 4.69) is 43.1 Å². The molecule has 0 aliphatic carbocycles. The van der Waals surface area contributed by atoms with Crippen LogP contribution in [-0.4, -0.2) is 73.4 Å². The first kappa shape index (κ1) is 16.9. The van der Waals surface area contributed by atoms with Gasteiger partial charge >= 0.3 is 0 Å². The van der Waals surface area contributed by atoms with E-state index in [9.17, 15) is 5.11 Å². The minimum absolute atomic E-state index is 0.106. The van der Waals surface area contributed by atoms with Gasteiger partial charge in [0.05, 0.1) is 6.61 Å². The average molecular weight is 271 g/mol. The maximum Gasteiger partial charge on any atom is 0.0610 e. The van der Waals surface area contributed by atoms with Crippen molar-refractivity contribution in [3.05, 3.63) is 0 Å². The number of aliphatic hydroxyl groups is 1. The second kappa shape index (κ2) is 8.20. The van der Waals surface area contributed by atoms with Gasteiger partial charge in [-0.25, -0.2) is 0 Å². The van der Waals surface area contributed by atoms with Crippen molar-refractivity contribution < 1.29 is 5.11 Å². The van der Waals surface area contributed by atoms with Crippen molar-refractivity contribution in [3.8, 4) is 0 Å². The fraction of sp³-hybridized carbons (Fsp3) is 1.00. The number of nitrogens with zero attached hydrogens (tertiary/aromatic N) is 2. The minimum atomic E-state index is -0.106. The molecule has 1 heterocycles. The van der Waals surface area contributed by atoms with Gasteiger partial charge in [0.25, 0.3) is 0 Å². The molecule has 0 aromatic carbocycles. The smallest absolute Gasteiger partial charge is 0.0610 e.